The highest BCUT2D eigenvalue weighted by atomic mass is 19.4. The van der Waals surface area contributed by atoms with E-state index in [0.29, 0.717) is 12.8 Å². The normalized spacial score (nSPS) is 12.3. The molecule has 0 fully saturated rings. The molecule has 2 aromatic rings. The summed E-state index contributed by atoms with van der Waals surface area (Å²) >= 11 is 0. The predicted molar refractivity (Wildman–Crippen MR) is 94.1 cm³/mol. The molecule has 0 bridgehead atoms. The van der Waals surface area contributed by atoms with Crippen molar-refractivity contribution in [2.45, 2.75) is 31.5 Å². The topological polar surface area (TPSA) is 55.4 Å². The van der Waals surface area contributed by atoms with E-state index < -0.39 is 29.7 Å². The summed E-state index contributed by atoms with van der Waals surface area (Å²) in [6.07, 6.45) is -2.75. The van der Waals surface area contributed by atoms with Gasteiger partial charge in [0.25, 0.3) is 5.91 Å². The molecule has 2 aromatic carbocycles. The van der Waals surface area contributed by atoms with Crippen LogP contribution in [0.25, 0.3) is 0 Å². The Hall–Kier alpha value is -2.83. The van der Waals surface area contributed by atoms with Gasteiger partial charge in [0.1, 0.15) is 6.04 Å². The molecular formula is C20H20F3NO3. The number of halogens is 3. The lowest BCUT2D eigenvalue weighted by molar-refractivity contribution is -0.143. The summed E-state index contributed by atoms with van der Waals surface area (Å²) in [7, 11) is 1.22. The zero-order valence-corrected chi connectivity index (χ0v) is 14.8. The molecular weight excluding hydrogens is 359 g/mol. The lowest BCUT2D eigenvalue weighted by Crippen LogP contribution is -2.41. The van der Waals surface area contributed by atoms with Gasteiger partial charge in [-0.05, 0) is 49.1 Å². The van der Waals surface area contributed by atoms with Gasteiger partial charge in [-0.2, -0.15) is 13.2 Å². The highest BCUT2D eigenvalue weighted by Crippen LogP contribution is 2.29. The number of methoxy groups -OCH3 is 1. The molecule has 144 valence electrons. The Balaban J connectivity index is 1.98. The number of alkyl halides is 3. The molecule has 7 heteroatoms. The van der Waals surface area contributed by atoms with Crippen LogP contribution in [0.1, 0.15) is 34.3 Å². The first-order valence-corrected chi connectivity index (χ1v) is 8.41. The first kappa shape index (κ1) is 20.5. The molecule has 1 amide bonds. The number of benzene rings is 2. The lowest BCUT2D eigenvalue weighted by Gasteiger charge is -2.17. The fraction of sp³-hybridized carbons (Fsp3) is 0.300. The van der Waals surface area contributed by atoms with Crippen LogP contribution >= 0.6 is 0 Å². The smallest absolute Gasteiger partial charge is 0.416 e. The van der Waals surface area contributed by atoms with Gasteiger partial charge in [0.15, 0.2) is 0 Å². The Morgan fingerprint density at radius 2 is 1.67 bits per heavy atom. The van der Waals surface area contributed by atoms with Crippen LogP contribution in [0.4, 0.5) is 13.2 Å². The van der Waals surface area contributed by atoms with Crippen LogP contribution in [0.5, 0.6) is 0 Å². The Morgan fingerprint density at radius 3 is 2.22 bits per heavy atom. The molecule has 0 aliphatic rings. The average Bonchev–Trinajstić information content (AvgIpc) is 2.66. The summed E-state index contributed by atoms with van der Waals surface area (Å²) in [6.45, 7) is 0. The maximum absolute atomic E-state index is 12.6. The number of nitrogens with one attached hydrogen (secondary N) is 1. The number of hydrogen-bond donors (Lipinski definition) is 1. The lowest BCUT2D eigenvalue weighted by atomic mass is 10.0. The van der Waals surface area contributed by atoms with E-state index in [9.17, 15) is 22.8 Å². The summed E-state index contributed by atoms with van der Waals surface area (Å²) in [4.78, 5) is 24.2. The molecule has 2 rings (SSSR count). The van der Waals surface area contributed by atoms with Crippen molar-refractivity contribution >= 4 is 11.9 Å². The molecule has 27 heavy (non-hydrogen) atoms. The molecule has 0 saturated carbocycles. The van der Waals surface area contributed by atoms with E-state index in [0.717, 1.165) is 36.2 Å². The van der Waals surface area contributed by atoms with Gasteiger partial charge in [-0.25, -0.2) is 4.79 Å². The number of ether oxygens (including phenoxy) is 1. The SMILES string of the molecule is COC(=O)[C@H](CCCc1ccccc1)NC(=O)c1ccc(C(F)(F)F)cc1. The van der Waals surface area contributed by atoms with Crippen molar-refractivity contribution in [2.24, 2.45) is 0 Å². The van der Waals surface area contributed by atoms with Crippen molar-refractivity contribution in [1.82, 2.24) is 5.32 Å². The Morgan fingerprint density at radius 1 is 1.04 bits per heavy atom. The number of amides is 1. The van der Waals surface area contributed by atoms with Gasteiger partial charge in [-0.15, -0.1) is 0 Å². The molecule has 0 aliphatic carbocycles. The van der Waals surface area contributed by atoms with Crippen LogP contribution in [-0.4, -0.2) is 25.0 Å². The molecule has 0 heterocycles. The third kappa shape index (κ3) is 6.13. The number of esters is 1. The minimum absolute atomic E-state index is 0.0416. The highest BCUT2D eigenvalue weighted by Gasteiger charge is 2.30. The van der Waals surface area contributed by atoms with Crippen molar-refractivity contribution < 1.29 is 27.5 Å². The number of aryl methyl sites for hydroxylation is 1. The van der Waals surface area contributed by atoms with E-state index in [-0.39, 0.29) is 5.56 Å². The van der Waals surface area contributed by atoms with Gasteiger partial charge in [0.2, 0.25) is 0 Å². The third-order valence-corrected chi connectivity index (χ3v) is 4.07. The highest BCUT2D eigenvalue weighted by molar-refractivity contribution is 5.96. The summed E-state index contributed by atoms with van der Waals surface area (Å²) < 4.78 is 42.5. The predicted octanol–water partition coefficient (Wildman–Crippen LogP) is 4.00. The summed E-state index contributed by atoms with van der Waals surface area (Å²) in [5, 5.41) is 2.53. The maximum atomic E-state index is 12.6. The molecule has 0 saturated heterocycles. The molecule has 0 aromatic heterocycles. The van der Waals surface area contributed by atoms with Crippen LogP contribution in [0.3, 0.4) is 0 Å². The van der Waals surface area contributed by atoms with E-state index in [4.69, 9.17) is 4.74 Å². The Kier molecular flexibility index (Phi) is 6.98. The van der Waals surface area contributed by atoms with Crippen LogP contribution < -0.4 is 5.32 Å². The standard InChI is InChI=1S/C20H20F3NO3/c1-27-19(26)17(9-5-8-14-6-3-2-4-7-14)24-18(25)15-10-12-16(13-11-15)20(21,22)23/h2-4,6-7,10-13,17H,5,8-9H2,1H3,(H,24,25)/t17-/m0/s1. The molecule has 0 spiro atoms. The number of hydrogen-bond acceptors (Lipinski definition) is 3. The minimum Gasteiger partial charge on any atom is -0.467 e. The van der Waals surface area contributed by atoms with Crippen molar-refractivity contribution in [3.8, 4) is 0 Å². The van der Waals surface area contributed by atoms with Gasteiger partial charge in [0, 0.05) is 5.56 Å². The molecule has 0 unspecified atom stereocenters. The number of carbonyl (C=O) groups excluding carboxylic acids is 2. The minimum atomic E-state index is -4.47. The maximum Gasteiger partial charge on any atom is 0.416 e. The van der Waals surface area contributed by atoms with E-state index in [1.54, 1.807) is 0 Å². The average molecular weight is 379 g/mol. The fourth-order valence-electron chi connectivity index (χ4n) is 2.60. The Bertz CT molecular complexity index is 758. The van der Waals surface area contributed by atoms with E-state index in [2.05, 4.69) is 5.32 Å². The summed E-state index contributed by atoms with van der Waals surface area (Å²) in [5.41, 5.74) is 0.307. The fourth-order valence-corrected chi connectivity index (χ4v) is 2.60. The van der Waals surface area contributed by atoms with Crippen LogP contribution in [0.2, 0.25) is 0 Å². The van der Waals surface area contributed by atoms with E-state index >= 15 is 0 Å². The van der Waals surface area contributed by atoms with Crippen molar-refractivity contribution in [3.63, 3.8) is 0 Å². The third-order valence-electron chi connectivity index (χ3n) is 4.07. The van der Waals surface area contributed by atoms with Gasteiger partial charge in [-0.3, -0.25) is 4.79 Å². The van der Waals surface area contributed by atoms with Crippen molar-refractivity contribution in [3.05, 3.63) is 71.3 Å². The van der Waals surface area contributed by atoms with Crippen LogP contribution in [-0.2, 0) is 22.1 Å². The Labute approximate surface area is 155 Å². The first-order chi connectivity index (χ1) is 12.8. The second kappa shape index (κ2) is 9.21. The van der Waals surface area contributed by atoms with Crippen molar-refractivity contribution in [1.29, 1.82) is 0 Å². The van der Waals surface area contributed by atoms with Crippen LogP contribution in [0.15, 0.2) is 54.6 Å². The quantitative estimate of drug-likeness (QED) is 0.740. The van der Waals surface area contributed by atoms with Gasteiger partial charge < -0.3 is 10.1 Å². The number of carbonyl (C=O) groups is 2. The molecule has 1 N–H and O–H groups in total. The monoisotopic (exact) mass is 379 g/mol. The van der Waals surface area contributed by atoms with Crippen LogP contribution in [0, 0.1) is 0 Å². The molecule has 0 aliphatic heterocycles. The summed E-state index contributed by atoms with van der Waals surface area (Å²) in [6, 6.07) is 12.6. The molecule has 0 radical (unpaired) electrons. The zero-order chi connectivity index (χ0) is 19.9. The van der Waals surface area contributed by atoms with E-state index in [1.165, 1.54) is 7.11 Å². The summed E-state index contributed by atoms with van der Waals surface area (Å²) in [5.74, 6) is -1.22. The molecule has 1 atom stereocenters. The number of rotatable bonds is 7. The first-order valence-electron chi connectivity index (χ1n) is 8.41. The second-order valence-electron chi connectivity index (χ2n) is 6.00. The zero-order valence-electron chi connectivity index (χ0n) is 14.8. The van der Waals surface area contributed by atoms with E-state index in [1.807, 2.05) is 30.3 Å². The second-order valence-corrected chi connectivity index (χ2v) is 6.00. The largest absolute Gasteiger partial charge is 0.467 e. The van der Waals surface area contributed by atoms with Gasteiger partial charge in [0.05, 0.1) is 12.7 Å². The van der Waals surface area contributed by atoms with Gasteiger partial charge in [-0.1, -0.05) is 30.3 Å². The van der Waals surface area contributed by atoms with Gasteiger partial charge >= 0.3 is 12.1 Å². The molecule has 4 nitrogen and oxygen atoms in total. The van der Waals surface area contributed by atoms with Crippen molar-refractivity contribution in [2.75, 3.05) is 7.11 Å².